The number of carbonyl (C=O) groups is 1. The number of fused-ring (bicyclic) bond motifs is 1. The summed E-state index contributed by atoms with van der Waals surface area (Å²) in [6.45, 7) is 0. The summed E-state index contributed by atoms with van der Waals surface area (Å²) in [6.07, 6.45) is 1.73. The minimum atomic E-state index is -0.269. The van der Waals surface area contributed by atoms with Gasteiger partial charge >= 0.3 is 0 Å². The van der Waals surface area contributed by atoms with Crippen molar-refractivity contribution in [2.24, 2.45) is 0 Å². The minimum Gasteiger partial charge on any atom is -0.382 e. The van der Waals surface area contributed by atoms with Crippen molar-refractivity contribution in [3.63, 3.8) is 0 Å². The fraction of sp³-hybridized carbons (Fsp3) is 0.0714. The van der Waals surface area contributed by atoms with Gasteiger partial charge in [0.05, 0.1) is 5.52 Å². The van der Waals surface area contributed by atoms with Gasteiger partial charge < -0.3 is 16.4 Å². The van der Waals surface area contributed by atoms with Crippen LogP contribution in [-0.4, -0.2) is 22.9 Å². The second kappa shape index (κ2) is 5.37. The van der Waals surface area contributed by atoms with Crippen molar-refractivity contribution in [1.29, 1.82) is 0 Å². The van der Waals surface area contributed by atoms with E-state index in [2.05, 4.69) is 20.6 Å². The number of thiazole rings is 1. The molecule has 106 valence electrons. The zero-order valence-electron chi connectivity index (χ0n) is 11.3. The van der Waals surface area contributed by atoms with Gasteiger partial charge in [0.15, 0.2) is 5.13 Å². The van der Waals surface area contributed by atoms with E-state index in [0.29, 0.717) is 15.7 Å². The van der Waals surface area contributed by atoms with Gasteiger partial charge in [-0.1, -0.05) is 17.4 Å². The van der Waals surface area contributed by atoms with Crippen LogP contribution in [0.15, 0.2) is 36.5 Å². The van der Waals surface area contributed by atoms with Gasteiger partial charge in [-0.2, -0.15) is 0 Å². The van der Waals surface area contributed by atoms with Crippen LogP contribution in [-0.2, 0) is 0 Å². The van der Waals surface area contributed by atoms with Crippen LogP contribution in [0.4, 0.5) is 16.6 Å². The Kier molecular flexibility index (Phi) is 3.41. The van der Waals surface area contributed by atoms with E-state index >= 15 is 0 Å². The Hall–Kier alpha value is -2.67. The highest BCUT2D eigenvalue weighted by molar-refractivity contribution is 7.18. The highest BCUT2D eigenvalue weighted by Crippen LogP contribution is 2.26. The Balaban J connectivity index is 1.87. The molecule has 6 nitrogen and oxygen atoms in total. The van der Waals surface area contributed by atoms with Crippen molar-refractivity contribution < 1.29 is 4.79 Å². The number of carbonyl (C=O) groups excluding carboxylic acids is 1. The van der Waals surface area contributed by atoms with Crippen molar-refractivity contribution in [1.82, 2.24) is 9.97 Å². The predicted molar refractivity (Wildman–Crippen MR) is 85.8 cm³/mol. The average molecular weight is 299 g/mol. The first kappa shape index (κ1) is 13.3. The zero-order valence-corrected chi connectivity index (χ0v) is 12.1. The number of hydrogen-bond acceptors (Lipinski definition) is 6. The summed E-state index contributed by atoms with van der Waals surface area (Å²) in [5.74, 6) is -0.0425. The molecule has 0 saturated carbocycles. The molecule has 0 aliphatic rings. The Morgan fingerprint density at radius 1 is 1.33 bits per heavy atom. The quantitative estimate of drug-likeness (QED) is 0.691. The molecule has 0 saturated heterocycles. The van der Waals surface area contributed by atoms with E-state index in [0.717, 1.165) is 10.9 Å². The van der Waals surface area contributed by atoms with Crippen molar-refractivity contribution in [2.45, 2.75) is 0 Å². The third-order valence-electron chi connectivity index (χ3n) is 2.93. The molecule has 0 atom stereocenters. The van der Waals surface area contributed by atoms with E-state index in [1.807, 2.05) is 30.3 Å². The first-order valence-electron chi connectivity index (χ1n) is 6.27. The predicted octanol–water partition coefficient (Wildman–Crippen LogP) is 2.57. The summed E-state index contributed by atoms with van der Waals surface area (Å²) >= 11 is 1.22. The largest absolute Gasteiger partial charge is 0.382 e. The Bertz CT molecular complexity index is 814. The number of rotatable bonds is 3. The Labute approximate surface area is 125 Å². The van der Waals surface area contributed by atoms with Crippen molar-refractivity contribution in [3.05, 3.63) is 41.4 Å². The van der Waals surface area contributed by atoms with Gasteiger partial charge in [-0.05, 0) is 24.3 Å². The van der Waals surface area contributed by atoms with Gasteiger partial charge in [-0.25, -0.2) is 4.98 Å². The fourth-order valence-electron chi connectivity index (χ4n) is 1.94. The van der Waals surface area contributed by atoms with Gasteiger partial charge in [-0.15, -0.1) is 0 Å². The molecule has 0 fully saturated rings. The number of anilines is 3. The molecule has 0 radical (unpaired) electrons. The van der Waals surface area contributed by atoms with Crippen LogP contribution < -0.4 is 16.4 Å². The van der Waals surface area contributed by atoms with Crippen LogP contribution in [0, 0.1) is 0 Å². The van der Waals surface area contributed by atoms with Crippen molar-refractivity contribution >= 4 is 44.8 Å². The molecule has 3 rings (SSSR count). The maximum atomic E-state index is 12.2. The number of nitrogens with zero attached hydrogens (tertiary/aromatic N) is 2. The lowest BCUT2D eigenvalue weighted by Crippen LogP contribution is -2.12. The van der Waals surface area contributed by atoms with E-state index < -0.39 is 0 Å². The maximum absolute atomic E-state index is 12.2. The summed E-state index contributed by atoms with van der Waals surface area (Å²) in [7, 11) is 1.73. The average Bonchev–Trinajstić information content (AvgIpc) is 2.88. The standard InChI is InChI=1S/C14H13N5OS/c1-16-14-19-12(15)11(21-14)13(20)18-9-4-5-10-8(7-9)3-2-6-17-10/h2-7H,15H2,1H3,(H,16,19)(H,18,20). The Morgan fingerprint density at radius 3 is 2.95 bits per heavy atom. The lowest BCUT2D eigenvalue weighted by Gasteiger charge is -2.05. The van der Waals surface area contributed by atoms with E-state index in [9.17, 15) is 4.79 Å². The monoisotopic (exact) mass is 299 g/mol. The second-order valence-corrected chi connectivity index (χ2v) is 5.35. The molecule has 7 heteroatoms. The maximum Gasteiger partial charge on any atom is 0.269 e. The van der Waals surface area contributed by atoms with E-state index in [-0.39, 0.29) is 11.7 Å². The fourth-order valence-corrected chi connectivity index (χ4v) is 2.68. The first-order chi connectivity index (χ1) is 10.2. The summed E-state index contributed by atoms with van der Waals surface area (Å²) in [6, 6.07) is 9.34. The van der Waals surface area contributed by atoms with Crippen LogP contribution in [0.3, 0.4) is 0 Å². The molecule has 0 bridgehead atoms. The van der Waals surface area contributed by atoms with Crippen LogP contribution in [0.5, 0.6) is 0 Å². The highest BCUT2D eigenvalue weighted by atomic mass is 32.1. The number of amides is 1. The molecular formula is C14H13N5OS. The number of nitrogen functional groups attached to an aromatic ring is 1. The molecule has 2 aromatic heterocycles. The van der Waals surface area contributed by atoms with Gasteiger partial charge in [0, 0.05) is 24.3 Å². The van der Waals surface area contributed by atoms with Crippen molar-refractivity contribution in [2.75, 3.05) is 23.4 Å². The van der Waals surface area contributed by atoms with E-state index in [1.54, 1.807) is 13.2 Å². The molecule has 3 aromatic rings. The SMILES string of the molecule is CNc1nc(N)c(C(=O)Nc2ccc3ncccc3c2)s1. The lowest BCUT2D eigenvalue weighted by atomic mass is 10.2. The number of aromatic nitrogens is 2. The topological polar surface area (TPSA) is 92.9 Å². The number of hydrogen-bond donors (Lipinski definition) is 3. The highest BCUT2D eigenvalue weighted by Gasteiger charge is 2.16. The second-order valence-electron chi connectivity index (χ2n) is 4.35. The first-order valence-corrected chi connectivity index (χ1v) is 7.09. The molecule has 0 aliphatic carbocycles. The number of benzene rings is 1. The van der Waals surface area contributed by atoms with Gasteiger partial charge in [0.1, 0.15) is 10.7 Å². The van der Waals surface area contributed by atoms with Gasteiger partial charge in [0.2, 0.25) is 0 Å². The third kappa shape index (κ3) is 2.63. The van der Waals surface area contributed by atoms with Crippen LogP contribution in [0.25, 0.3) is 10.9 Å². The summed E-state index contributed by atoms with van der Waals surface area (Å²) in [5, 5.41) is 7.27. The van der Waals surface area contributed by atoms with Crippen LogP contribution >= 0.6 is 11.3 Å². The number of pyridine rings is 1. The normalized spacial score (nSPS) is 10.5. The van der Waals surface area contributed by atoms with E-state index in [1.165, 1.54) is 11.3 Å². The minimum absolute atomic E-state index is 0.226. The molecule has 1 amide bonds. The Morgan fingerprint density at radius 2 is 2.19 bits per heavy atom. The lowest BCUT2D eigenvalue weighted by molar-refractivity contribution is 0.103. The smallest absolute Gasteiger partial charge is 0.269 e. The van der Waals surface area contributed by atoms with Gasteiger partial charge in [0.25, 0.3) is 5.91 Å². The van der Waals surface area contributed by atoms with Crippen LogP contribution in [0.2, 0.25) is 0 Å². The zero-order chi connectivity index (χ0) is 14.8. The number of nitrogens with one attached hydrogen (secondary N) is 2. The van der Waals surface area contributed by atoms with E-state index in [4.69, 9.17) is 5.73 Å². The van der Waals surface area contributed by atoms with Crippen LogP contribution in [0.1, 0.15) is 9.67 Å². The molecule has 0 spiro atoms. The molecule has 21 heavy (non-hydrogen) atoms. The van der Waals surface area contributed by atoms with Gasteiger partial charge in [-0.3, -0.25) is 9.78 Å². The molecule has 0 aliphatic heterocycles. The molecule has 4 N–H and O–H groups in total. The molecule has 1 aromatic carbocycles. The molecular weight excluding hydrogens is 286 g/mol. The number of nitrogens with two attached hydrogens (primary N) is 1. The summed E-state index contributed by atoms with van der Waals surface area (Å²) in [4.78, 5) is 20.9. The third-order valence-corrected chi connectivity index (χ3v) is 4.02. The summed E-state index contributed by atoms with van der Waals surface area (Å²) in [5.41, 5.74) is 7.32. The van der Waals surface area contributed by atoms with Crippen molar-refractivity contribution in [3.8, 4) is 0 Å². The molecule has 2 heterocycles. The summed E-state index contributed by atoms with van der Waals surface area (Å²) < 4.78 is 0. The molecule has 0 unspecified atom stereocenters.